The zero-order chi connectivity index (χ0) is 14.3. The smallest absolute Gasteiger partial charge is 0.318 e. The second-order valence-corrected chi connectivity index (χ2v) is 5.23. The second kappa shape index (κ2) is 4.53. The first kappa shape index (κ1) is 12.5. The molecule has 1 atom stereocenters. The Balaban J connectivity index is 2.01. The molecule has 4 heteroatoms. The minimum absolute atomic E-state index is 0.0622. The first-order valence-electron chi connectivity index (χ1n) is 6.54. The van der Waals surface area contributed by atoms with E-state index < -0.39 is 0 Å². The van der Waals surface area contributed by atoms with Gasteiger partial charge in [-0.2, -0.15) is 5.26 Å². The number of nitriles is 1. The van der Waals surface area contributed by atoms with Crippen LogP contribution in [0.15, 0.2) is 36.4 Å². The number of carbonyl (C=O) groups is 1. The van der Waals surface area contributed by atoms with Gasteiger partial charge in [0.05, 0.1) is 12.6 Å². The van der Waals surface area contributed by atoms with Crippen molar-refractivity contribution in [1.29, 1.82) is 5.26 Å². The van der Waals surface area contributed by atoms with Crippen molar-refractivity contribution in [2.45, 2.75) is 13.0 Å². The Morgan fingerprint density at radius 2 is 1.90 bits per heavy atom. The number of carbonyl (C=O) groups excluding carboxylic acids is 1. The van der Waals surface area contributed by atoms with Gasteiger partial charge in [-0.25, -0.2) is 9.69 Å². The third kappa shape index (κ3) is 1.88. The highest BCUT2D eigenvalue weighted by molar-refractivity contribution is 5.84. The van der Waals surface area contributed by atoms with Gasteiger partial charge in [0.15, 0.2) is 6.19 Å². The molecule has 0 bridgehead atoms. The average Bonchev–Trinajstić information content (AvgIpc) is 2.74. The molecule has 3 rings (SSSR count). The highest BCUT2D eigenvalue weighted by Crippen LogP contribution is 2.30. The average molecular weight is 265 g/mol. The summed E-state index contributed by atoms with van der Waals surface area (Å²) in [4.78, 5) is 14.7. The Morgan fingerprint density at radius 1 is 1.20 bits per heavy atom. The van der Waals surface area contributed by atoms with Crippen molar-refractivity contribution in [3.63, 3.8) is 0 Å². The predicted molar refractivity (Wildman–Crippen MR) is 76.9 cm³/mol. The summed E-state index contributed by atoms with van der Waals surface area (Å²) in [6.45, 7) is 2.49. The number of nitrogens with zero attached hydrogens (tertiary/aromatic N) is 3. The molecule has 1 aliphatic heterocycles. The molecule has 0 radical (unpaired) electrons. The second-order valence-electron chi connectivity index (χ2n) is 5.23. The normalized spacial score (nSPS) is 18.6. The maximum atomic E-state index is 11.9. The predicted octanol–water partition coefficient (Wildman–Crippen LogP) is 3.04. The molecule has 4 nitrogen and oxygen atoms in total. The van der Waals surface area contributed by atoms with Crippen molar-refractivity contribution in [3.8, 4) is 6.19 Å². The summed E-state index contributed by atoms with van der Waals surface area (Å²) in [6, 6.07) is 12.2. The van der Waals surface area contributed by atoms with Crippen LogP contribution in [0.2, 0.25) is 0 Å². The van der Waals surface area contributed by atoms with Gasteiger partial charge in [0.1, 0.15) is 0 Å². The molecule has 0 aliphatic carbocycles. The number of urea groups is 1. The lowest BCUT2D eigenvalue weighted by atomic mass is 10.0. The minimum Gasteiger partial charge on any atom is -0.318 e. The molecular formula is C16H15N3O. The molecule has 0 N–H and O–H groups in total. The van der Waals surface area contributed by atoms with Crippen molar-refractivity contribution in [3.05, 3.63) is 47.5 Å². The number of hydrogen-bond acceptors (Lipinski definition) is 2. The highest BCUT2D eigenvalue weighted by Gasteiger charge is 2.35. The summed E-state index contributed by atoms with van der Waals surface area (Å²) in [6.07, 6.45) is 1.93. The molecule has 1 fully saturated rings. The third-order valence-electron chi connectivity index (χ3n) is 3.88. The van der Waals surface area contributed by atoms with E-state index >= 15 is 0 Å². The summed E-state index contributed by atoms with van der Waals surface area (Å²) in [5.41, 5.74) is 2.30. The molecule has 20 heavy (non-hydrogen) atoms. The summed E-state index contributed by atoms with van der Waals surface area (Å²) in [5.74, 6) is 0. The van der Waals surface area contributed by atoms with Gasteiger partial charge in [-0.15, -0.1) is 0 Å². The number of aryl methyl sites for hydroxylation is 1. The van der Waals surface area contributed by atoms with E-state index in [9.17, 15) is 4.79 Å². The van der Waals surface area contributed by atoms with Crippen LogP contribution in [0.1, 0.15) is 17.2 Å². The molecule has 0 spiro atoms. The maximum absolute atomic E-state index is 11.9. The lowest BCUT2D eigenvalue weighted by molar-refractivity contribution is 0.205. The van der Waals surface area contributed by atoms with Crippen molar-refractivity contribution in [1.82, 2.24) is 9.80 Å². The Hall–Kier alpha value is -2.54. The topological polar surface area (TPSA) is 47.3 Å². The number of amides is 2. The lowest BCUT2D eigenvalue weighted by Gasteiger charge is -2.18. The van der Waals surface area contributed by atoms with E-state index in [2.05, 4.69) is 37.3 Å². The number of benzene rings is 2. The Bertz CT molecular complexity index is 732. The quantitative estimate of drug-likeness (QED) is 0.744. The van der Waals surface area contributed by atoms with E-state index in [0.29, 0.717) is 6.54 Å². The van der Waals surface area contributed by atoms with E-state index in [1.165, 1.54) is 15.8 Å². The fourth-order valence-electron chi connectivity index (χ4n) is 2.70. The van der Waals surface area contributed by atoms with Crippen molar-refractivity contribution >= 4 is 16.8 Å². The van der Waals surface area contributed by atoms with Gasteiger partial charge >= 0.3 is 6.03 Å². The molecule has 1 unspecified atom stereocenters. The zero-order valence-electron chi connectivity index (χ0n) is 11.5. The highest BCUT2D eigenvalue weighted by atomic mass is 16.2. The van der Waals surface area contributed by atoms with Gasteiger partial charge < -0.3 is 4.90 Å². The van der Waals surface area contributed by atoms with Crippen molar-refractivity contribution < 1.29 is 4.79 Å². The molecule has 1 aliphatic rings. The number of likely N-dealkylation sites (N-methyl/N-ethyl adjacent to an activating group) is 1. The fourth-order valence-corrected chi connectivity index (χ4v) is 2.70. The first-order chi connectivity index (χ1) is 9.60. The van der Waals surface area contributed by atoms with Crippen LogP contribution in [0.3, 0.4) is 0 Å². The summed E-state index contributed by atoms with van der Waals surface area (Å²) in [5, 5.41) is 11.3. The van der Waals surface area contributed by atoms with Crippen LogP contribution < -0.4 is 0 Å². The standard InChI is InChI=1S/C16H15N3O/c1-11-3-4-13-8-14(6-5-12(13)7-11)15-9-19(10-17)16(20)18(15)2/h3-8,15H,9H2,1-2H3. The largest absolute Gasteiger partial charge is 0.333 e. The van der Waals surface area contributed by atoms with Gasteiger partial charge in [0.2, 0.25) is 0 Å². The molecular weight excluding hydrogens is 250 g/mol. The SMILES string of the molecule is Cc1ccc2cc(C3CN(C#N)C(=O)N3C)ccc2c1. The lowest BCUT2D eigenvalue weighted by Crippen LogP contribution is -2.26. The fraction of sp³-hybridized carbons (Fsp3) is 0.250. The van der Waals surface area contributed by atoms with Gasteiger partial charge in [-0.3, -0.25) is 0 Å². The number of fused-ring (bicyclic) bond motifs is 1. The number of rotatable bonds is 1. The first-order valence-corrected chi connectivity index (χ1v) is 6.54. The van der Waals surface area contributed by atoms with Crippen LogP contribution in [0, 0.1) is 18.4 Å². The Kier molecular flexibility index (Phi) is 2.83. The molecule has 1 heterocycles. The summed E-state index contributed by atoms with van der Waals surface area (Å²) in [7, 11) is 1.74. The summed E-state index contributed by atoms with van der Waals surface area (Å²) >= 11 is 0. The van der Waals surface area contributed by atoms with Crippen molar-refractivity contribution in [2.24, 2.45) is 0 Å². The van der Waals surface area contributed by atoms with Gasteiger partial charge in [0.25, 0.3) is 0 Å². The maximum Gasteiger partial charge on any atom is 0.333 e. The van der Waals surface area contributed by atoms with Crippen molar-refractivity contribution in [2.75, 3.05) is 13.6 Å². The van der Waals surface area contributed by atoms with E-state index in [-0.39, 0.29) is 12.1 Å². The Morgan fingerprint density at radius 3 is 2.60 bits per heavy atom. The molecule has 100 valence electrons. The van der Waals surface area contributed by atoms with Crippen LogP contribution in [0.25, 0.3) is 10.8 Å². The van der Waals surface area contributed by atoms with Crippen LogP contribution in [0.4, 0.5) is 4.79 Å². The van der Waals surface area contributed by atoms with E-state index in [4.69, 9.17) is 5.26 Å². The zero-order valence-corrected chi connectivity index (χ0v) is 11.5. The van der Waals surface area contributed by atoms with Gasteiger partial charge in [-0.05, 0) is 29.3 Å². The van der Waals surface area contributed by atoms with E-state index in [0.717, 1.165) is 10.9 Å². The van der Waals surface area contributed by atoms with Crippen LogP contribution in [-0.4, -0.2) is 29.4 Å². The minimum atomic E-state index is -0.235. The van der Waals surface area contributed by atoms with Crippen LogP contribution in [-0.2, 0) is 0 Å². The molecule has 2 aromatic carbocycles. The monoisotopic (exact) mass is 265 g/mol. The van der Waals surface area contributed by atoms with Crippen LogP contribution in [0.5, 0.6) is 0 Å². The third-order valence-corrected chi connectivity index (χ3v) is 3.88. The molecule has 0 aromatic heterocycles. The van der Waals surface area contributed by atoms with E-state index in [1.807, 2.05) is 12.3 Å². The van der Waals surface area contributed by atoms with Gasteiger partial charge in [0, 0.05) is 7.05 Å². The Labute approximate surface area is 117 Å². The molecule has 2 aromatic rings. The molecule has 1 saturated heterocycles. The van der Waals surface area contributed by atoms with Gasteiger partial charge in [-0.1, -0.05) is 35.9 Å². The van der Waals surface area contributed by atoms with E-state index in [1.54, 1.807) is 11.9 Å². The molecule has 0 saturated carbocycles. The summed E-state index contributed by atoms with van der Waals surface area (Å²) < 4.78 is 0. The van der Waals surface area contributed by atoms with Crippen LogP contribution >= 0.6 is 0 Å². The molecule has 2 amide bonds. The number of hydrogen-bond donors (Lipinski definition) is 0.